The molecule has 0 bridgehead atoms. The predicted octanol–water partition coefficient (Wildman–Crippen LogP) is 6.80. The molecule has 38 heavy (non-hydrogen) atoms. The molecule has 4 aromatic rings. The van der Waals surface area contributed by atoms with Gasteiger partial charge in [0.15, 0.2) is 0 Å². The van der Waals surface area contributed by atoms with Crippen molar-refractivity contribution >= 4 is 28.5 Å². The number of benzene rings is 4. The van der Waals surface area contributed by atoms with Crippen LogP contribution in [0.3, 0.4) is 0 Å². The van der Waals surface area contributed by atoms with Gasteiger partial charge in [0.2, 0.25) is 0 Å². The van der Waals surface area contributed by atoms with Crippen molar-refractivity contribution in [2.45, 2.75) is 13.3 Å². The molecule has 9 nitrogen and oxygen atoms in total. The Bertz CT molecular complexity index is 1510. The predicted molar refractivity (Wildman–Crippen MR) is 142 cm³/mol. The Labute approximate surface area is 217 Å². The summed E-state index contributed by atoms with van der Waals surface area (Å²) in [5.41, 5.74) is 2.96. The summed E-state index contributed by atoms with van der Waals surface area (Å²) in [6.07, 6.45) is 0.682. The van der Waals surface area contributed by atoms with E-state index >= 15 is 0 Å². The maximum Gasteiger partial charge on any atom is 0.344 e. The Balaban J connectivity index is 1.78. The van der Waals surface area contributed by atoms with Gasteiger partial charge in [0.25, 0.3) is 11.4 Å². The van der Waals surface area contributed by atoms with E-state index in [-0.39, 0.29) is 17.1 Å². The number of rotatable bonds is 8. The number of ether oxygens (including phenoxy) is 1. The van der Waals surface area contributed by atoms with Gasteiger partial charge < -0.3 is 9.84 Å². The van der Waals surface area contributed by atoms with Crippen molar-refractivity contribution < 1.29 is 24.5 Å². The first-order chi connectivity index (χ1) is 18.3. The number of hydrogen-bond donors (Lipinski definition) is 1. The molecule has 0 aliphatic rings. The van der Waals surface area contributed by atoms with Crippen LogP contribution < -0.4 is 4.74 Å². The summed E-state index contributed by atoms with van der Waals surface area (Å²) in [7, 11) is 0. The highest BCUT2D eigenvalue weighted by atomic mass is 16.6. The van der Waals surface area contributed by atoms with Crippen LogP contribution in [-0.4, -0.2) is 20.9 Å². The van der Waals surface area contributed by atoms with Gasteiger partial charge in [-0.05, 0) is 58.5 Å². The van der Waals surface area contributed by atoms with E-state index < -0.39 is 27.2 Å². The maximum absolute atomic E-state index is 12.9. The van der Waals surface area contributed by atoms with Gasteiger partial charge in [0, 0.05) is 12.1 Å². The fraction of sp³-hybridized carbons (Fsp3) is 0.0690. The molecule has 0 fully saturated rings. The summed E-state index contributed by atoms with van der Waals surface area (Å²) in [5.74, 6) is -0.691. The molecule has 0 radical (unpaired) electrons. The Kier molecular flexibility index (Phi) is 7.58. The standard InChI is InChI=1S/C29H22N2O7/c1-2-27(19-7-4-3-5-8-19)28(20-11-13-25(32)14-12-20)21-9-6-10-26(17-21)38-29(33)22-15-23(30(34)35)18-24(16-22)31(36)37/h3-18,32H,2H2,1H3/b28-27+. The van der Waals surface area contributed by atoms with Crippen LogP contribution in [0.1, 0.15) is 40.4 Å². The van der Waals surface area contributed by atoms with Gasteiger partial charge >= 0.3 is 5.97 Å². The summed E-state index contributed by atoms with van der Waals surface area (Å²) < 4.78 is 5.49. The van der Waals surface area contributed by atoms with Crippen molar-refractivity contribution in [3.05, 3.63) is 140 Å². The Morgan fingerprint density at radius 2 is 1.34 bits per heavy atom. The van der Waals surface area contributed by atoms with Crippen LogP contribution in [0.5, 0.6) is 11.5 Å². The molecule has 0 aromatic heterocycles. The van der Waals surface area contributed by atoms with Gasteiger partial charge in [-0.3, -0.25) is 20.2 Å². The molecule has 0 aliphatic heterocycles. The second-order valence-electron chi connectivity index (χ2n) is 8.29. The highest BCUT2D eigenvalue weighted by Crippen LogP contribution is 2.36. The molecular weight excluding hydrogens is 488 g/mol. The minimum atomic E-state index is -0.970. The van der Waals surface area contributed by atoms with E-state index in [1.54, 1.807) is 42.5 Å². The molecule has 190 valence electrons. The number of esters is 1. The lowest BCUT2D eigenvalue weighted by molar-refractivity contribution is -0.394. The van der Waals surface area contributed by atoms with Gasteiger partial charge in [-0.2, -0.15) is 0 Å². The van der Waals surface area contributed by atoms with Crippen LogP contribution in [-0.2, 0) is 0 Å². The number of nitrogens with zero attached hydrogens (tertiary/aromatic N) is 2. The number of hydrogen-bond acceptors (Lipinski definition) is 7. The number of carbonyl (C=O) groups is 1. The van der Waals surface area contributed by atoms with Crippen LogP contribution in [0.15, 0.2) is 97.1 Å². The van der Waals surface area contributed by atoms with E-state index in [1.165, 1.54) is 0 Å². The minimum Gasteiger partial charge on any atom is -0.508 e. The number of nitro benzene ring substituents is 2. The maximum atomic E-state index is 12.9. The van der Waals surface area contributed by atoms with Gasteiger partial charge in [-0.15, -0.1) is 0 Å². The average Bonchev–Trinajstić information content (AvgIpc) is 2.92. The zero-order valence-corrected chi connectivity index (χ0v) is 20.2. The highest BCUT2D eigenvalue weighted by molar-refractivity contribution is 5.99. The quantitative estimate of drug-likeness (QED) is 0.0906. The largest absolute Gasteiger partial charge is 0.508 e. The van der Waals surface area contributed by atoms with Crippen molar-refractivity contribution in [2.24, 2.45) is 0 Å². The van der Waals surface area contributed by atoms with Crippen LogP contribution >= 0.6 is 0 Å². The lowest BCUT2D eigenvalue weighted by Crippen LogP contribution is -2.10. The molecule has 0 saturated heterocycles. The Hall–Kier alpha value is -5.31. The molecule has 0 aliphatic carbocycles. The van der Waals surface area contributed by atoms with Crippen molar-refractivity contribution in [1.82, 2.24) is 0 Å². The van der Waals surface area contributed by atoms with Crippen LogP contribution in [0.4, 0.5) is 11.4 Å². The van der Waals surface area contributed by atoms with E-state index in [2.05, 4.69) is 0 Å². The van der Waals surface area contributed by atoms with Crippen LogP contribution in [0, 0.1) is 20.2 Å². The second kappa shape index (κ2) is 11.2. The first-order valence-corrected chi connectivity index (χ1v) is 11.6. The van der Waals surface area contributed by atoms with E-state index in [4.69, 9.17) is 4.74 Å². The number of nitro groups is 2. The molecule has 0 heterocycles. The molecule has 1 N–H and O–H groups in total. The highest BCUT2D eigenvalue weighted by Gasteiger charge is 2.21. The summed E-state index contributed by atoms with van der Waals surface area (Å²) in [6.45, 7) is 2.03. The third-order valence-electron chi connectivity index (χ3n) is 5.83. The van der Waals surface area contributed by atoms with E-state index in [0.717, 1.165) is 46.0 Å². The van der Waals surface area contributed by atoms with Gasteiger partial charge in [-0.25, -0.2) is 4.79 Å². The molecule has 4 aromatic carbocycles. The normalized spacial score (nSPS) is 11.4. The molecule has 0 atom stereocenters. The molecule has 0 unspecified atom stereocenters. The number of phenolic OH excluding ortho intramolecular Hbond substituents is 1. The smallest absolute Gasteiger partial charge is 0.344 e. The number of carbonyl (C=O) groups excluding carboxylic acids is 1. The van der Waals surface area contributed by atoms with Crippen molar-refractivity contribution in [3.8, 4) is 11.5 Å². The van der Waals surface area contributed by atoms with Crippen molar-refractivity contribution in [1.29, 1.82) is 0 Å². The molecular formula is C29H22N2O7. The fourth-order valence-electron chi connectivity index (χ4n) is 4.11. The first-order valence-electron chi connectivity index (χ1n) is 11.6. The molecule has 4 rings (SSSR count). The van der Waals surface area contributed by atoms with Crippen molar-refractivity contribution in [2.75, 3.05) is 0 Å². The summed E-state index contributed by atoms with van der Waals surface area (Å²) in [4.78, 5) is 33.6. The second-order valence-corrected chi connectivity index (χ2v) is 8.29. The molecule has 0 spiro atoms. The zero-order valence-electron chi connectivity index (χ0n) is 20.2. The first kappa shape index (κ1) is 25.8. The number of allylic oxidation sites excluding steroid dienone is 1. The summed E-state index contributed by atoms with van der Waals surface area (Å²) >= 11 is 0. The average molecular weight is 511 g/mol. The Morgan fingerprint density at radius 3 is 1.92 bits per heavy atom. The van der Waals surface area contributed by atoms with Crippen molar-refractivity contribution in [3.63, 3.8) is 0 Å². The Morgan fingerprint density at radius 1 is 0.737 bits per heavy atom. The lowest BCUT2D eigenvalue weighted by Gasteiger charge is -2.17. The van der Waals surface area contributed by atoms with E-state index in [9.17, 15) is 30.1 Å². The van der Waals surface area contributed by atoms with Gasteiger partial charge in [0.1, 0.15) is 11.5 Å². The minimum absolute atomic E-state index is 0.125. The third kappa shape index (κ3) is 5.73. The topological polar surface area (TPSA) is 133 Å². The SMILES string of the molecule is CC/C(=C(/c1ccc(O)cc1)c1cccc(OC(=O)c2cc([N+](=O)[O-])cc([N+](=O)[O-])c2)c1)c1ccccc1. The third-order valence-corrected chi connectivity index (χ3v) is 5.83. The number of aromatic hydroxyl groups is 1. The number of phenols is 1. The zero-order chi connectivity index (χ0) is 27.2. The van der Waals surface area contributed by atoms with Gasteiger partial charge in [0.05, 0.1) is 21.5 Å². The molecule has 0 saturated carbocycles. The summed E-state index contributed by atoms with van der Waals surface area (Å²) in [5, 5.41) is 32.2. The molecule has 0 amide bonds. The van der Waals surface area contributed by atoms with E-state index in [1.807, 2.05) is 43.3 Å². The molecule has 9 heteroatoms. The van der Waals surface area contributed by atoms with Crippen LogP contribution in [0.25, 0.3) is 11.1 Å². The van der Waals surface area contributed by atoms with Gasteiger partial charge in [-0.1, -0.05) is 61.5 Å². The lowest BCUT2D eigenvalue weighted by atomic mass is 9.88. The number of non-ortho nitro benzene ring substituents is 2. The summed E-state index contributed by atoms with van der Waals surface area (Å²) in [6, 6.07) is 26.0. The van der Waals surface area contributed by atoms with Crippen LogP contribution in [0.2, 0.25) is 0 Å². The monoisotopic (exact) mass is 510 g/mol. The fourth-order valence-corrected chi connectivity index (χ4v) is 4.11. The van der Waals surface area contributed by atoms with E-state index in [0.29, 0.717) is 6.42 Å².